The highest BCUT2D eigenvalue weighted by molar-refractivity contribution is 7.15. The molecule has 0 fully saturated rings. The second-order valence-corrected chi connectivity index (χ2v) is 7.20. The van der Waals surface area contributed by atoms with Gasteiger partial charge in [-0.2, -0.15) is 11.3 Å². The van der Waals surface area contributed by atoms with Crippen LogP contribution < -0.4 is 5.32 Å². The van der Waals surface area contributed by atoms with Crippen LogP contribution >= 0.6 is 22.7 Å². The van der Waals surface area contributed by atoms with E-state index in [2.05, 4.69) is 54.0 Å². The van der Waals surface area contributed by atoms with Gasteiger partial charge in [-0.25, -0.2) is 0 Å². The van der Waals surface area contributed by atoms with Crippen molar-refractivity contribution in [2.45, 2.75) is 39.7 Å². The molecule has 0 radical (unpaired) electrons. The van der Waals surface area contributed by atoms with E-state index in [0.29, 0.717) is 0 Å². The Morgan fingerprint density at radius 1 is 1.22 bits per heavy atom. The third-order valence-electron chi connectivity index (χ3n) is 2.55. The maximum absolute atomic E-state index is 4.28. The summed E-state index contributed by atoms with van der Waals surface area (Å²) < 4.78 is 0. The monoisotopic (exact) mass is 281 g/mol. The van der Waals surface area contributed by atoms with Crippen LogP contribution in [-0.2, 0) is 6.42 Å². The lowest BCUT2D eigenvalue weighted by Gasteiger charge is -2.19. The predicted octanol–water partition coefficient (Wildman–Crippen LogP) is 3.51. The molecule has 0 atom stereocenters. The number of aromatic nitrogens is 2. The average Bonchev–Trinajstić information content (AvgIpc) is 2.84. The van der Waals surface area contributed by atoms with Crippen molar-refractivity contribution in [2.24, 2.45) is 0 Å². The van der Waals surface area contributed by atoms with Gasteiger partial charge in [0.15, 0.2) is 0 Å². The van der Waals surface area contributed by atoms with Crippen LogP contribution in [-0.4, -0.2) is 22.3 Å². The fraction of sp³-hybridized carbons (Fsp3) is 0.538. The first-order valence-electron chi connectivity index (χ1n) is 6.06. The first-order valence-corrected chi connectivity index (χ1v) is 7.82. The summed E-state index contributed by atoms with van der Waals surface area (Å²) in [5, 5.41) is 18.5. The molecule has 0 amide bonds. The molecule has 0 aliphatic carbocycles. The number of thiophene rings is 1. The highest BCUT2D eigenvalue weighted by atomic mass is 32.1. The number of nitrogens with one attached hydrogen (secondary N) is 1. The van der Waals surface area contributed by atoms with Crippen LogP contribution in [0.3, 0.4) is 0 Å². The van der Waals surface area contributed by atoms with Crippen LogP contribution in [0.5, 0.6) is 0 Å². The van der Waals surface area contributed by atoms with Gasteiger partial charge in [0.2, 0.25) is 0 Å². The molecule has 2 aromatic heterocycles. The summed E-state index contributed by atoms with van der Waals surface area (Å²) in [4.78, 5) is 0. The minimum atomic E-state index is 0.164. The van der Waals surface area contributed by atoms with Gasteiger partial charge >= 0.3 is 0 Å². The molecule has 0 saturated carbocycles. The first-order chi connectivity index (χ1) is 8.46. The van der Waals surface area contributed by atoms with Crippen molar-refractivity contribution in [1.82, 2.24) is 15.5 Å². The van der Waals surface area contributed by atoms with E-state index in [1.54, 1.807) is 22.7 Å². The van der Waals surface area contributed by atoms with Gasteiger partial charge in [-0.05, 0) is 38.6 Å². The summed E-state index contributed by atoms with van der Waals surface area (Å²) in [6, 6.07) is 0. The van der Waals surface area contributed by atoms with Gasteiger partial charge < -0.3 is 5.32 Å². The van der Waals surface area contributed by atoms with Gasteiger partial charge in [0, 0.05) is 29.4 Å². The molecule has 2 heterocycles. The Balaban J connectivity index is 1.97. The van der Waals surface area contributed by atoms with Gasteiger partial charge in [0.25, 0.3) is 0 Å². The summed E-state index contributed by atoms with van der Waals surface area (Å²) >= 11 is 3.42. The highest BCUT2D eigenvalue weighted by Gasteiger charge is 2.11. The summed E-state index contributed by atoms with van der Waals surface area (Å²) in [5.41, 5.74) is 2.68. The van der Waals surface area contributed by atoms with E-state index in [1.165, 1.54) is 11.1 Å². The Hall–Kier alpha value is -0.780. The molecule has 0 spiro atoms. The first kappa shape index (κ1) is 13.6. The zero-order chi connectivity index (χ0) is 13.2. The zero-order valence-electron chi connectivity index (χ0n) is 11.3. The standard InChI is InChI=1S/C13H19N3S2/c1-9-7-17-8-10(9)12-16-15-11(18-12)5-6-14-13(2,3)4/h7-8,14H,5-6H2,1-4H3. The second-order valence-electron chi connectivity index (χ2n) is 5.40. The van der Waals surface area contributed by atoms with E-state index in [4.69, 9.17) is 0 Å². The minimum Gasteiger partial charge on any atom is -0.312 e. The van der Waals surface area contributed by atoms with Gasteiger partial charge in [-0.15, -0.1) is 10.2 Å². The van der Waals surface area contributed by atoms with Crippen molar-refractivity contribution in [2.75, 3.05) is 6.54 Å². The zero-order valence-corrected chi connectivity index (χ0v) is 12.9. The number of hydrogen-bond donors (Lipinski definition) is 1. The van der Waals surface area contributed by atoms with Crippen molar-refractivity contribution in [3.63, 3.8) is 0 Å². The van der Waals surface area contributed by atoms with Crippen LogP contribution in [0.1, 0.15) is 31.3 Å². The van der Waals surface area contributed by atoms with Gasteiger partial charge in [0.1, 0.15) is 10.0 Å². The SMILES string of the molecule is Cc1cscc1-c1nnc(CCNC(C)(C)C)s1. The molecule has 2 rings (SSSR count). The lowest BCUT2D eigenvalue weighted by atomic mass is 10.1. The molecule has 0 aliphatic rings. The number of nitrogens with zero attached hydrogens (tertiary/aromatic N) is 2. The molecular weight excluding hydrogens is 262 g/mol. The van der Waals surface area contributed by atoms with Crippen LogP contribution in [0.25, 0.3) is 10.6 Å². The second kappa shape index (κ2) is 5.47. The molecule has 2 aromatic rings. The lowest BCUT2D eigenvalue weighted by molar-refractivity contribution is 0.429. The van der Waals surface area contributed by atoms with Gasteiger partial charge in [0.05, 0.1) is 0 Å². The van der Waals surface area contributed by atoms with E-state index in [-0.39, 0.29) is 5.54 Å². The third kappa shape index (κ3) is 3.60. The summed E-state index contributed by atoms with van der Waals surface area (Å²) in [6.07, 6.45) is 0.943. The average molecular weight is 281 g/mol. The number of aryl methyl sites for hydroxylation is 1. The Labute approximate surface area is 116 Å². The van der Waals surface area contributed by atoms with E-state index in [1.807, 2.05) is 0 Å². The van der Waals surface area contributed by atoms with Gasteiger partial charge in [-0.1, -0.05) is 11.3 Å². The molecule has 18 heavy (non-hydrogen) atoms. The Morgan fingerprint density at radius 3 is 2.61 bits per heavy atom. The third-order valence-corrected chi connectivity index (χ3v) is 4.42. The Bertz CT molecular complexity index is 508. The molecule has 0 saturated heterocycles. The summed E-state index contributed by atoms with van der Waals surface area (Å²) in [7, 11) is 0. The summed E-state index contributed by atoms with van der Waals surface area (Å²) in [6.45, 7) is 9.59. The molecule has 0 aromatic carbocycles. The van der Waals surface area contributed by atoms with Crippen molar-refractivity contribution >= 4 is 22.7 Å². The number of rotatable bonds is 4. The fourth-order valence-electron chi connectivity index (χ4n) is 1.59. The molecule has 0 aliphatic heterocycles. The Morgan fingerprint density at radius 2 is 2.00 bits per heavy atom. The highest BCUT2D eigenvalue weighted by Crippen LogP contribution is 2.29. The maximum atomic E-state index is 4.28. The van der Waals surface area contributed by atoms with Crippen molar-refractivity contribution in [3.8, 4) is 10.6 Å². The van der Waals surface area contributed by atoms with E-state index in [0.717, 1.165) is 23.0 Å². The summed E-state index contributed by atoms with van der Waals surface area (Å²) in [5.74, 6) is 0. The molecule has 98 valence electrons. The van der Waals surface area contributed by atoms with Crippen molar-refractivity contribution in [3.05, 3.63) is 21.3 Å². The Kier molecular flexibility index (Phi) is 4.14. The fourth-order valence-corrected chi connectivity index (χ4v) is 3.42. The smallest absolute Gasteiger partial charge is 0.148 e. The predicted molar refractivity (Wildman–Crippen MR) is 79.4 cm³/mol. The van der Waals surface area contributed by atoms with E-state index < -0.39 is 0 Å². The normalized spacial score (nSPS) is 12.0. The largest absolute Gasteiger partial charge is 0.312 e. The topological polar surface area (TPSA) is 37.8 Å². The van der Waals surface area contributed by atoms with E-state index in [9.17, 15) is 0 Å². The van der Waals surface area contributed by atoms with Crippen molar-refractivity contribution < 1.29 is 0 Å². The van der Waals surface area contributed by atoms with Crippen molar-refractivity contribution in [1.29, 1.82) is 0 Å². The quantitative estimate of drug-likeness (QED) is 0.932. The minimum absolute atomic E-state index is 0.164. The van der Waals surface area contributed by atoms with Crippen LogP contribution in [0.15, 0.2) is 10.8 Å². The van der Waals surface area contributed by atoms with Crippen LogP contribution in [0.4, 0.5) is 0 Å². The molecule has 0 unspecified atom stereocenters. The molecule has 3 nitrogen and oxygen atoms in total. The van der Waals surface area contributed by atoms with Gasteiger partial charge in [-0.3, -0.25) is 0 Å². The molecule has 1 N–H and O–H groups in total. The molecule has 5 heteroatoms. The molecule has 0 bridgehead atoms. The van der Waals surface area contributed by atoms with Crippen LogP contribution in [0, 0.1) is 6.92 Å². The lowest BCUT2D eigenvalue weighted by Crippen LogP contribution is -2.37. The maximum Gasteiger partial charge on any atom is 0.148 e. The number of hydrogen-bond acceptors (Lipinski definition) is 5. The van der Waals surface area contributed by atoms with E-state index >= 15 is 0 Å². The van der Waals surface area contributed by atoms with Crippen LogP contribution in [0.2, 0.25) is 0 Å². The molecular formula is C13H19N3S2.